The summed E-state index contributed by atoms with van der Waals surface area (Å²) in [4.78, 5) is 0. The summed E-state index contributed by atoms with van der Waals surface area (Å²) in [5.41, 5.74) is 0.741. The molecule has 2 nitrogen and oxygen atoms in total. The van der Waals surface area contributed by atoms with Crippen molar-refractivity contribution in [1.29, 1.82) is 0 Å². The Balaban J connectivity index is 1.77. The van der Waals surface area contributed by atoms with Gasteiger partial charge in [-0.25, -0.2) is 4.39 Å². The van der Waals surface area contributed by atoms with Gasteiger partial charge in [0.15, 0.2) is 0 Å². The molecule has 0 radical (unpaired) electrons. The van der Waals surface area contributed by atoms with Crippen molar-refractivity contribution >= 4 is 0 Å². The third-order valence-electron chi connectivity index (χ3n) is 3.49. The Bertz CT molecular complexity index is 356. The predicted octanol–water partition coefficient (Wildman–Crippen LogP) is 2.26. The number of aliphatic hydroxyl groups is 1. The molecule has 2 atom stereocenters. The minimum absolute atomic E-state index is 0.140. The smallest absolute Gasteiger partial charge is 0.126 e. The molecule has 0 saturated heterocycles. The maximum Gasteiger partial charge on any atom is 0.126 e. The van der Waals surface area contributed by atoms with Crippen LogP contribution in [0.3, 0.4) is 0 Å². The second kappa shape index (κ2) is 6.12. The Kier molecular flexibility index (Phi) is 4.51. The van der Waals surface area contributed by atoms with Crippen molar-refractivity contribution in [3.63, 3.8) is 0 Å². The summed E-state index contributed by atoms with van der Waals surface area (Å²) in [6.45, 7) is 0.725. The molecule has 0 spiro atoms. The molecule has 0 unspecified atom stereocenters. The number of hydrogen-bond donors (Lipinski definition) is 2. The first-order valence-corrected chi connectivity index (χ1v) is 6.42. The highest BCUT2D eigenvalue weighted by molar-refractivity contribution is 5.17. The zero-order valence-electron chi connectivity index (χ0n) is 10.0. The van der Waals surface area contributed by atoms with Gasteiger partial charge in [-0.1, -0.05) is 31.0 Å². The van der Waals surface area contributed by atoms with E-state index in [1.165, 1.54) is 12.5 Å². The van der Waals surface area contributed by atoms with Crippen LogP contribution in [-0.2, 0) is 6.42 Å². The summed E-state index contributed by atoms with van der Waals surface area (Å²) < 4.78 is 13.4. The lowest BCUT2D eigenvalue weighted by Gasteiger charge is -2.28. The van der Waals surface area contributed by atoms with Gasteiger partial charge in [-0.05, 0) is 37.4 Å². The molecule has 1 aliphatic rings. The summed E-state index contributed by atoms with van der Waals surface area (Å²) in [6.07, 6.45) is 4.65. The van der Waals surface area contributed by atoms with Crippen LogP contribution in [0.2, 0.25) is 0 Å². The molecule has 1 fully saturated rings. The summed E-state index contributed by atoms with van der Waals surface area (Å²) in [5.74, 6) is -0.140. The van der Waals surface area contributed by atoms with Crippen molar-refractivity contribution in [2.75, 3.05) is 6.54 Å². The van der Waals surface area contributed by atoms with Gasteiger partial charge in [0.05, 0.1) is 6.10 Å². The van der Waals surface area contributed by atoms with Crippen LogP contribution in [-0.4, -0.2) is 23.8 Å². The zero-order valence-corrected chi connectivity index (χ0v) is 10.0. The second-order valence-corrected chi connectivity index (χ2v) is 4.75. The molecule has 2 rings (SSSR count). The Morgan fingerprint density at radius 2 is 2.00 bits per heavy atom. The Morgan fingerprint density at radius 3 is 2.76 bits per heavy atom. The maximum absolute atomic E-state index is 13.4. The number of halogens is 1. The fourth-order valence-corrected chi connectivity index (χ4v) is 2.44. The van der Waals surface area contributed by atoms with E-state index in [1.807, 2.05) is 12.1 Å². The van der Waals surface area contributed by atoms with Crippen LogP contribution in [0.1, 0.15) is 31.2 Å². The largest absolute Gasteiger partial charge is 0.392 e. The van der Waals surface area contributed by atoms with E-state index < -0.39 is 0 Å². The quantitative estimate of drug-likeness (QED) is 0.842. The molecule has 17 heavy (non-hydrogen) atoms. The van der Waals surface area contributed by atoms with Gasteiger partial charge in [0.2, 0.25) is 0 Å². The highest BCUT2D eigenvalue weighted by Crippen LogP contribution is 2.18. The SMILES string of the molecule is O[C@H]1CCCC[C@@H]1NCCc1ccccc1F. The lowest BCUT2D eigenvalue weighted by Crippen LogP contribution is -2.42. The van der Waals surface area contributed by atoms with E-state index in [0.717, 1.165) is 31.4 Å². The molecular weight excluding hydrogens is 217 g/mol. The van der Waals surface area contributed by atoms with E-state index in [-0.39, 0.29) is 18.0 Å². The van der Waals surface area contributed by atoms with Crippen molar-refractivity contribution in [3.05, 3.63) is 35.6 Å². The third kappa shape index (κ3) is 3.51. The van der Waals surface area contributed by atoms with Gasteiger partial charge in [0.25, 0.3) is 0 Å². The zero-order chi connectivity index (χ0) is 12.1. The molecule has 0 heterocycles. The van der Waals surface area contributed by atoms with Gasteiger partial charge in [-0.2, -0.15) is 0 Å². The van der Waals surface area contributed by atoms with Crippen LogP contribution >= 0.6 is 0 Å². The van der Waals surface area contributed by atoms with Crippen LogP contribution in [0.4, 0.5) is 4.39 Å². The highest BCUT2D eigenvalue weighted by atomic mass is 19.1. The average Bonchev–Trinajstić information content (AvgIpc) is 2.34. The first-order valence-electron chi connectivity index (χ1n) is 6.42. The molecule has 1 aliphatic carbocycles. The van der Waals surface area contributed by atoms with Crippen LogP contribution in [0, 0.1) is 5.82 Å². The topological polar surface area (TPSA) is 32.3 Å². The third-order valence-corrected chi connectivity index (χ3v) is 3.49. The average molecular weight is 237 g/mol. The normalized spacial score (nSPS) is 24.8. The van der Waals surface area contributed by atoms with Crippen molar-refractivity contribution in [2.45, 2.75) is 44.2 Å². The van der Waals surface area contributed by atoms with Crippen molar-refractivity contribution in [3.8, 4) is 0 Å². The van der Waals surface area contributed by atoms with E-state index >= 15 is 0 Å². The first kappa shape index (κ1) is 12.5. The molecule has 3 heteroatoms. The summed E-state index contributed by atoms with van der Waals surface area (Å²) >= 11 is 0. The lowest BCUT2D eigenvalue weighted by molar-refractivity contribution is 0.0913. The predicted molar refractivity (Wildman–Crippen MR) is 66.4 cm³/mol. The molecular formula is C14H20FNO. The molecule has 0 aliphatic heterocycles. The molecule has 2 N–H and O–H groups in total. The molecule has 0 aromatic heterocycles. The van der Waals surface area contributed by atoms with E-state index in [4.69, 9.17) is 0 Å². The highest BCUT2D eigenvalue weighted by Gasteiger charge is 2.21. The van der Waals surface area contributed by atoms with E-state index in [2.05, 4.69) is 5.32 Å². The fourth-order valence-electron chi connectivity index (χ4n) is 2.44. The van der Waals surface area contributed by atoms with Crippen LogP contribution in [0.15, 0.2) is 24.3 Å². The summed E-state index contributed by atoms with van der Waals surface area (Å²) in [6, 6.07) is 7.06. The van der Waals surface area contributed by atoms with Gasteiger partial charge in [-0.3, -0.25) is 0 Å². The minimum atomic E-state index is -0.232. The van der Waals surface area contributed by atoms with Crippen LogP contribution in [0.25, 0.3) is 0 Å². The molecule has 94 valence electrons. The Hall–Kier alpha value is -0.930. The lowest BCUT2D eigenvalue weighted by atomic mass is 9.92. The van der Waals surface area contributed by atoms with E-state index in [1.54, 1.807) is 6.07 Å². The van der Waals surface area contributed by atoms with Crippen molar-refractivity contribution in [2.24, 2.45) is 0 Å². The number of nitrogens with one attached hydrogen (secondary N) is 1. The van der Waals surface area contributed by atoms with Crippen molar-refractivity contribution < 1.29 is 9.50 Å². The summed E-state index contributed by atoms with van der Waals surface area (Å²) in [5, 5.41) is 13.1. The Morgan fingerprint density at radius 1 is 1.24 bits per heavy atom. The summed E-state index contributed by atoms with van der Waals surface area (Å²) in [7, 11) is 0. The minimum Gasteiger partial charge on any atom is -0.392 e. The van der Waals surface area contributed by atoms with E-state index in [0.29, 0.717) is 6.42 Å². The number of aliphatic hydroxyl groups excluding tert-OH is 1. The molecule has 1 aromatic rings. The monoisotopic (exact) mass is 237 g/mol. The van der Waals surface area contributed by atoms with Crippen molar-refractivity contribution in [1.82, 2.24) is 5.32 Å². The van der Waals surface area contributed by atoms with Gasteiger partial charge in [-0.15, -0.1) is 0 Å². The molecule has 1 aromatic carbocycles. The number of rotatable bonds is 4. The van der Waals surface area contributed by atoms with Gasteiger partial charge in [0.1, 0.15) is 5.82 Å². The standard InChI is InChI=1S/C14H20FNO/c15-12-6-2-1-5-11(12)9-10-16-13-7-3-4-8-14(13)17/h1-2,5-6,13-14,16-17H,3-4,7-10H2/t13-,14-/m0/s1. The molecule has 0 amide bonds. The van der Waals surface area contributed by atoms with Gasteiger partial charge < -0.3 is 10.4 Å². The Labute approximate surface area is 102 Å². The molecule has 1 saturated carbocycles. The number of benzene rings is 1. The first-order chi connectivity index (χ1) is 8.27. The van der Waals surface area contributed by atoms with Gasteiger partial charge >= 0.3 is 0 Å². The van der Waals surface area contributed by atoms with Gasteiger partial charge in [0, 0.05) is 6.04 Å². The second-order valence-electron chi connectivity index (χ2n) is 4.75. The van der Waals surface area contributed by atoms with E-state index in [9.17, 15) is 9.50 Å². The maximum atomic E-state index is 13.4. The fraction of sp³-hybridized carbons (Fsp3) is 0.571. The van der Waals surface area contributed by atoms with Crippen LogP contribution in [0.5, 0.6) is 0 Å². The van der Waals surface area contributed by atoms with Crippen LogP contribution < -0.4 is 5.32 Å². The molecule has 0 bridgehead atoms. The number of hydrogen-bond acceptors (Lipinski definition) is 2.